The largest absolute Gasteiger partial charge is 0.127 e. The second-order valence-corrected chi connectivity index (χ2v) is 4.66. The van der Waals surface area contributed by atoms with Crippen molar-refractivity contribution < 1.29 is 0 Å². The van der Waals surface area contributed by atoms with Gasteiger partial charge in [0, 0.05) is 15.9 Å². The van der Waals surface area contributed by atoms with Gasteiger partial charge in [-0.25, -0.2) is 0 Å². The molecular formula is C5H9BrSi. The number of hydrogen-bond donors (Lipinski definition) is 0. The Bertz CT molecular complexity index is 88.0. The minimum Gasteiger partial charge on any atom is -0.127 e. The number of hydrogen-bond acceptors (Lipinski definition) is 0. The molecule has 0 aromatic rings. The molecule has 0 rings (SSSR count). The monoisotopic (exact) mass is 176 g/mol. The molecule has 0 unspecified atom stereocenters. The van der Waals surface area contributed by atoms with E-state index in [1.807, 2.05) is 0 Å². The minimum absolute atomic E-state index is 0.0619. The highest BCUT2D eigenvalue weighted by Gasteiger charge is 1.86. The summed E-state index contributed by atoms with van der Waals surface area (Å²) in [6.45, 7) is 4.42. The molecule has 0 radical (unpaired) electrons. The fourth-order valence-corrected chi connectivity index (χ4v) is 1.21. The molecule has 0 aromatic carbocycles. The van der Waals surface area contributed by atoms with Gasteiger partial charge in [0.15, 0.2) is 0 Å². The Morgan fingerprint density at radius 2 is 2.14 bits per heavy atom. The van der Waals surface area contributed by atoms with Crippen molar-refractivity contribution >= 4 is 25.4 Å². The highest BCUT2D eigenvalue weighted by atomic mass is 79.9. The van der Waals surface area contributed by atoms with Crippen LogP contribution in [-0.4, -0.2) is 9.52 Å². The Balaban J connectivity index is 3.08. The van der Waals surface area contributed by atoms with E-state index in [-0.39, 0.29) is 9.52 Å². The third-order valence-corrected chi connectivity index (χ3v) is 2.57. The van der Waals surface area contributed by atoms with E-state index in [9.17, 15) is 0 Å². The summed E-state index contributed by atoms with van der Waals surface area (Å²) >= 11 is 3.05. The summed E-state index contributed by atoms with van der Waals surface area (Å²) in [5.41, 5.74) is 3.89. The van der Waals surface area contributed by atoms with Crippen LogP contribution in [0.1, 0.15) is 13.8 Å². The van der Waals surface area contributed by atoms with Crippen LogP contribution in [0.4, 0.5) is 0 Å². The van der Waals surface area contributed by atoms with Gasteiger partial charge in [0.2, 0.25) is 0 Å². The van der Waals surface area contributed by atoms with Gasteiger partial charge in [-0.15, -0.1) is 5.54 Å². The molecule has 7 heavy (non-hydrogen) atoms. The molecule has 0 N–H and O–H groups in total. The number of rotatable bonds is 1. The first-order chi connectivity index (χ1) is 3.27. The van der Waals surface area contributed by atoms with Gasteiger partial charge in [0.05, 0.1) is 0 Å². The summed E-state index contributed by atoms with van der Waals surface area (Å²) in [5.74, 6) is 0. The van der Waals surface area contributed by atoms with E-state index in [1.54, 1.807) is 0 Å². The van der Waals surface area contributed by atoms with Crippen molar-refractivity contribution in [2.75, 3.05) is 0 Å². The SMILES string of the molecule is CC(C)[SiH2]C#CBr. The molecule has 0 bridgehead atoms. The highest BCUT2D eigenvalue weighted by molar-refractivity contribution is 9.12. The molecule has 0 amide bonds. The first-order valence-corrected chi connectivity index (χ1v) is 4.67. The van der Waals surface area contributed by atoms with E-state index in [0.29, 0.717) is 0 Å². The van der Waals surface area contributed by atoms with Gasteiger partial charge < -0.3 is 0 Å². The molecule has 0 spiro atoms. The zero-order chi connectivity index (χ0) is 5.70. The maximum absolute atomic E-state index is 3.05. The summed E-state index contributed by atoms with van der Waals surface area (Å²) < 4.78 is 0. The van der Waals surface area contributed by atoms with Crippen molar-refractivity contribution in [2.24, 2.45) is 0 Å². The topological polar surface area (TPSA) is 0 Å². The van der Waals surface area contributed by atoms with Crippen LogP contribution in [0.2, 0.25) is 5.54 Å². The van der Waals surface area contributed by atoms with Crippen molar-refractivity contribution in [3.8, 4) is 10.4 Å². The van der Waals surface area contributed by atoms with Crippen LogP contribution < -0.4 is 0 Å². The lowest BCUT2D eigenvalue weighted by atomic mass is 10.6. The van der Waals surface area contributed by atoms with E-state index in [0.717, 1.165) is 5.54 Å². The zero-order valence-corrected chi connectivity index (χ0v) is 7.66. The zero-order valence-electron chi connectivity index (χ0n) is 4.66. The lowest BCUT2D eigenvalue weighted by Crippen LogP contribution is -1.88. The average molecular weight is 177 g/mol. The van der Waals surface area contributed by atoms with Crippen molar-refractivity contribution in [1.29, 1.82) is 0 Å². The molecule has 0 atom stereocenters. The van der Waals surface area contributed by atoms with Gasteiger partial charge in [-0.1, -0.05) is 13.8 Å². The van der Waals surface area contributed by atoms with Crippen molar-refractivity contribution in [3.05, 3.63) is 0 Å². The molecule has 0 aliphatic heterocycles. The summed E-state index contributed by atoms with van der Waals surface area (Å²) in [6.07, 6.45) is 0. The predicted octanol–water partition coefficient (Wildman–Crippen LogP) is 1.30. The first kappa shape index (κ1) is 7.26. The number of halogens is 1. The maximum Gasteiger partial charge on any atom is 0.110 e. The minimum atomic E-state index is -0.0619. The van der Waals surface area contributed by atoms with Gasteiger partial charge in [0.25, 0.3) is 0 Å². The van der Waals surface area contributed by atoms with Gasteiger partial charge in [-0.2, -0.15) is 0 Å². The average Bonchev–Trinajstić information content (AvgIpc) is 1.61. The molecule has 0 aromatic heterocycles. The second-order valence-electron chi connectivity index (χ2n) is 1.87. The van der Waals surface area contributed by atoms with Crippen LogP contribution in [0.25, 0.3) is 0 Å². The molecule has 0 heterocycles. The Kier molecular flexibility index (Phi) is 4.58. The third kappa shape index (κ3) is 6.26. The van der Waals surface area contributed by atoms with E-state index in [2.05, 4.69) is 40.2 Å². The van der Waals surface area contributed by atoms with Gasteiger partial charge in [-0.3, -0.25) is 0 Å². The van der Waals surface area contributed by atoms with Gasteiger partial charge >= 0.3 is 0 Å². The summed E-state index contributed by atoms with van der Waals surface area (Å²) in [7, 11) is -0.0619. The molecular weight excluding hydrogens is 168 g/mol. The molecule has 2 heteroatoms. The van der Waals surface area contributed by atoms with Crippen LogP contribution in [-0.2, 0) is 0 Å². The van der Waals surface area contributed by atoms with Crippen LogP contribution in [0, 0.1) is 10.4 Å². The van der Waals surface area contributed by atoms with Crippen LogP contribution in [0.15, 0.2) is 0 Å². The van der Waals surface area contributed by atoms with E-state index >= 15 is 0 Å². The highest BCUT2D eigenvalue weighted by Crippen LogP contribution is 1.93. The van der Waals surface area contributed by atoms with E-state index in [4.69, 9.17) is 0 Å². The maximum atomic E-state index is 3.05. The smallest absolute Gasteiger partial charge is 0.110 e. The molecule has 0 aliphatic rings. The lowest BCUT2D eigenvalue weighted by molar-refractivity contribution is 1.07. The normalized spacial score (nSPS) is 9.71. The summed E-state index contributed by atoms with van der Waals surface area (Å²) in [4.78, 5) is 2.72. The Hall–Kier alpha value is 0.257. The van der Waals surface area contributed by atoms with Crippen LogP contribution in [0.5, 0.6) is 0 Å². The van der Waals surface area contributed by atoms with Crippen molar-refractivity contribution in [2.45, 2.75) is 19.4 Å². The molecule has 0 fully saturated rings. The quantitative estimate of drug-likeness (QED) is 0.418. The Morgan fingerprint density at radius 3 is 2.29 bits per heavy atom. The molecule has 0 aliphatic carbocycles. The Morgan fingerprint density at radius 1 is 1.57 bits per heavy atom. The van der Waals surface area contributed by atoms with E-state index < -0.39 is 0 Å². The molecule has 0 saturated carbocycles. The third-order valence-electron chi connectivity index (χ3n) is 0.577. The first-order valence-electron chi connectivity index (χ1n) is 2.36. The Labute approximate surface area is 55.6 Å². The summed E-state index contributed by atoms with van der Waals surface area (Å²) in [5, 5.41) is 0. The predicted molar refractivity (Wildman–Crippen MR) is 40.3 cm³/mol. The fourth-order valence-electron chi connectivity index (χ4n) is 0.243. The fraction of sp³-hybridized carbons (Fsp3) is 0.600. The van der Waals surface area contributed by atoms with E-state index in [1.165, 1.54) is 0 Å². The summed E-state index contributed by atoms with van der Waals surface area (Å²) in [6, 6.07) is 0. The van der Waals surface area contributed by atoms with Crippen LogP contribution >= 0.6 is 15.9 Å². The van der Waals surface area contributed by atoms with Crippen molar-refractivity contribution in [3.63, 3.8) is 0 Å². The lowest BCUT2D eigenvalue weighted by Gasteiger charge is -1.89. The molecule has 40 valence electrons. The molecule has 0 nitrogen and oxygen atoms in total. The standard InChI is InChI=1S/C5H9BrSi/c1-5(2)7-4-3-6/h5H,7H2,1-2H3. The van der Waals surface area contributed by atoms with Crippen molar-refractivity contribution in [1.82, 2.24) is 0 Å². The van der Waals surface area contributed by atoms with Gasteiger partial charge in [-0.05, 0) is 10.4 Å². The molecule has 0 saturated heterocycles. The second kappa shape index (κ2) is 4.42. The van der Waals surface area contributed by atoms with Gasteiger partial charge in [0.1, 0.15) is 9.52 Å². The van der Waals surface area contributed by atoms with Crippen LogP contribution in [0.3, 0.4) is 0 Å².